The van der Waals surface area contributed by atoms with Crippen LogP contribution in [0.2, 0.25) is 0 Å². The Morgan fingerprint density at radius 2 is 2.28 bits per heavy atom. The lowest BCUT2D eigenvalue weighted by molar-refractivity contribution is -0.143. The predicted octanol–water partition coefficient (Wildman–Crippen LogP) is 2.80. The molecule has 1 saturated carbocycles. The lowest BCUT2D eigenvalue weighted by Crippen LogP contribution is -2.34. The molecule has 0 radical (unpaired) electrons. The Morgan fingerprint density at radius 3 is 2.89 bits per heavy atom. The van der Waals surface area contributed by atoms with E-state index in [1.54, 1.807) is 13.0 Å². The number of hydrogen-bond donors (Lipinski definition) is 1. The zero-order valence-electron chi connectivity index (χ0n) is 10.1. The van der Waals surface area contributed by atoms with Crippen molar-refractivity contribution >= 4 is 5.97 Å². The number of aliphatic carboxylic acids is 1. The van der Waals surface area contributed by atoms with E-state index in [0.717, 1.165) is 18.4 Å². The highest BCUT2D eigenvalue weighted by Gasteiger charge is 2.56. The Balaban J connectivity index is 2.07. The summed E-state index contributed by atoms with van der Waals surface area (Å²) in [5.41, 5.74) is 0.804. The maximum Gasteiger partial charge on any atom is 0.306 e. The molecule has 1 aromatic rings. The van der Waals surface area contributed by atoms with Crippen LogP contribution in [0.3, 0.4) is 0 Å². The third-order valence-corrected chi connectivity index (χ3v) is 4.27. The number of fused-ring (bicyclic) bond motifs is 1. The molecule has 2 atom stereocenters. The molecular formula is C14H15FO3. The molecule has 1 heterocycles. The summed E-state index contributed by atoms with van der Waals surface area (Å²) in [6.07, 6.45) is 1.98. The van der Waals surface area contributed by atoms with Crippen molar-refractivity contribution in [3.63, 3.8) is 0 Å². The van der Waals surface area contributed by atoms with Crippen molar-refractivity contribution < 1.29 is 19.0 Å². The summed E-state index contributed by atoms with van der Waals surface area (Å²) in [7, 11) is 0. The van der Waals surface area contributed by atoms with Gasteiger partial charge >= 0.3 is 5.97 Å². The van der Waals surface area contributed by atoms with Crippen LogP contribution in [-0.4, -0.2) is 17.7 Å². The van der Waals surface area contributed by atoms with Gasteiger partial charge in [0.1, 0.15) is 11.6 Å². The summed E-state index contributed by atoms with van der Waals surface area (Å²) in [4.78, 5) is 11.3. The number of ether oxygens (including phenoxy) is 1. The molecule has 96 valence electrons. The number of carbonyl (C=O) groups is 1. The van der Waals surface area contributed by atoms with Crippen LogP contribution < -0.4 is 4.74 Å². The molecule has 1 N–H and O–H groups in total. The third kappa shape index (κ3) is 1.59. The average molecular weight is 250 g/mol. The third-order valence-electron chi connectivity index (χ3n) is 4.27. The normalized spacial score (nSPS) is 25.1. The van der Waals surface area contributed by atoms with E-state index in [0.29, 0.717) is 12.4 Å². The van der Waals surface area contributed by atoms with E-state index in [1.165, 1.54) is 12.1 Å². The van der Waals surface area contributed by atoms with E-state index in [4.69, 9.17) is 4.74 Å². The average Bonchev–Trinajstić information content (AvgIpc) is 3.09. The molecule has 0 amide bonds. The van der Waals surface area contributed by atoms with E-state index in [-0.39, 0.29) is 17.2 Å². The molecule has 1 fully saturated rings. The van der Waals surface area contributed by atoms with Crippen molar-refractivity contribution in [1.82, 2.24) is 0 Å². The first-order chi connectivity index (χ1) is 8.53. The zero-order valence-corrected chi connectivity index (χ0v) is 10.1. The van der Waals surface area contributed by atoms with Gasteiger partial charge in [-0.3, -0.25) is 4.79 Å². The number of halogens is 1. The van der Waals surface area contributed by atoms with Crippen LogP contribution in [-0.2, 0) is 4.79 Å². The van der Waals surface area contributed by atoms with Crippen LogP contribution in [0.1, 0.15) is 31.2 Å². The summed E-state index contributed by atoms with van der Waals surface area (Å²) in [6.45, 7) is 2.23. The van der Waals surface area contributed by atoms with Crippen molar-refractivity contribution in [2.45, 2.75) is 25.7 Å². The highest BCUT2D eigenvalue weighted by atomic mass is 19.1. The van der Waals surface area contributed by atoms with E-state index >= 15 is 0 Å². The second-order valence-electron chi connectivity index (χ2n) is 5.44. The van der Waals surface area contributed by atoms with Gasteiger partial charge in [0.2, 0.25) is 0 Å². The van der Waals surface area contributed by atoms with Crippen LogP contribution >= 0.6 is 0 Å². The summed E-state index contributed by atoms with van der Waals surface area (Å²) in [6, 6.07) is 4.41. The Morgan fingerprint density at radius 1 is 1.56 bits per heavy atom. The topological polar surface area (TPSA) is 46.5 Å². The van der Waals surface area contributed by atoms with Gasteiger partial charge in [-0.1, -0.05) is 13.0 Å². The number of carboxylic acids is 1. The molecule has 3 nitrogen and oxygen atoms in total. The summed E-state index contributed by atoms with van der Waals surface area (Å²) in [5, 5.41) is 9.26. The van der Waals surface area contributed by atoms with Crippen molar-refractivity contribution in [2.75, 3.05) is 6.61 Å². The molecule has 1 aromatic carbocycles. The molecule has 1 aliphatic heterocycles. The fourth-order valence-electron chi connectivity index (χ4n) is 3.09. The fraction of sp³-hybridized carbons (Fsp3) is 0.500. The standard InChI is InChI=1S/C14H15FO3/c1-8(13(16)17)12-10-3-2-9(15)6-11(10)18-7-14(12)4-5-14/h2-3,6,8,12H,4-5,7H2,1H3,(H,16,17)/t8-,12?/m0/s1. The van der Waals surface area contributed by atoms with E-state index < -0.39 is 11.9 Å². The number of benzene rings is 1. The molecule has 2 aliphatic rings. The molecule has 0 saturated heterocycles. The van der Waals surface area contributed by atoms with E-state index in [1.807, 2.05) is 0 Å². The van der Waals surface area contributed by atoms with Gasteiger partial charge in [0.25, 0.3) is 0 Å². The van der Waals surface area contributed by atoms with Crippen LogP contribution in [0, 0.1) is 17.2 Å². The molecule has 0 bridgehead atoms. The maximum atomic E-state index is 13.2. The molecule has 3 rings (SSSR count). The van der Waals surface area contributed by atoms with Gasteiger partial charge in [0, 0.05) is 17.4 Å². The van der Waals surface area contributed by atoms with Crippen LogP contribution in [0.25, 0.3) is 0 Å². The van der Waals surface area contributed by atoms with Gasteiger partial charge in [-0.15, -0.1) is 0 Å². The van der Waals surface area contributed by atoms with Crippen molar-refractivity contribution in [2.24, 2.45) is 11.3 Å². The second kappa shape index (κ2) is 3.70. The smallest absolute Gasteiger partial charge is 0.306 e. The van der Waals surface area contributed by atoms with Gasteiger partial charge in [-0.05, 0) is 24.5 Å². The van der Waals surface area contributed by atoms with Crippen LogP contribution in [0.15, 0.2) is 18.2 Å². The Hall–Kier alpha value is -1.58. The molecule has 1 unspecified atom stereocenters. The van der Waals surface area contributed by atoms with E-state index in [2.05, 4.69) is 0 Å². The number of carboxylic acid groups (broad SMARTS) is 1. The van der Waals surface area contributed by atoms with Crippen molar-refractivity contribution in [3.05, 3.63) is 29.6 Å². The highest BCUT2D eigenvalue weighted by Crippen LogP contribution is 2.62. The maximum absolute atomic E-state index is 13.2. The molecule has 4 heteroatoms. The minimum Gasteiger partial charge on any atom is -0.493 e. The minimum absolute atomic E-state index is 0.0391. The van der Waals surface area contributed by atoms with Gasteiger partial charge in [-0.25, -0.2) is 4.39 Å². The first kappa shape index (κ1) is 11.5. The fourth-order valence-corrected chi connectivity index (χ4v) is 3.09. The van der Waals surface area contributed by atoms with Gasteiger partial charge in [-0.2, -0.15) is 0 Å². The molecule has 1 spiro atoms. The number of hydrogen-bond acceptors (Lipinski definition) is 2. The van der Waals surface area contributed by atoms with E-state index in [9.17, 15) is 14.3 Å². The quantitative estimate of drug-likeness (QED) is 0.877. The summed E-state index contributed by atoms with van der Waals surface area (Å²) in [5.74, 6) is -1.18. The second-order valence-corrected chi connectivity index (χ2v) is 5.44. The van der Waals surface area contributed by atoms with Crippen LogP contribution in [0.4, 0.5) is 4.39 Å². The lowest BCUT2D eigenvalue weighted by Gasteiger charge is -2.36. The largest absolute Gasteiger partial charge is 0.493 e. The number of rotatable bonds is 2. The molecule has 0 aromatic heterocycles. The van der Waals surface area contributed by atoms with Crippen LogP contribution in [0.5, 0.6) is 5.75 Å². The highest BCUT2D eigenvalue weighted by molar-refractivity contribution is 5.72. The van der Waals surface area contributed by atoms with Crippen molar-refractivity contribution in [1.29, 1.82) is 0 Å². The molecule has 18 heavy (non-hydrogen) atoms. The lowest BCUT2D eigenvalue weighted by atomic mass is 9.74. The zero-order chi connectivity index (χ0) is 12.9. The Bertz CT molecular complexity index is 508. The van der Waals surface area contributed by atoms with Gasteiger partial charge < -0.3 is 9.84 Å². The Kier molecular flexibility index (Phi) is 2.37. The minimum atomic E-state index is -0.802. The Labute approximate surface area is 105 Å². The first-order valence-electron chi connectivity index (χ1n) is 6.18. The first-order valence-corrected chi connectivity index (χ1v) is 6.18. The van der Waals surface area contributed by atoms with Crippen molar-refractivity contribution in [3.8, 4) is 5.75 Å². The SMILES string of the molecule is C[C@H](C(=O)O)C1c2ccc(F)cc2OCC12CC2. The van der Waals surface area contributed by atoms with Gasteiger partial charge in [0.15, 0.2) is 0 Å². The summed E-state index contributed by atoms with van der Waals surface area (Å²) < 4.78 is 18.8. The predicted molar refractivity (Wildman–Crippen MR) is 63.1 cm³/mol. The summed E-state index contributed by atoms with van der Waals surface area (Å²) >= 11 is 0. The monoisotopic (exact) mass is 250 g/mol. The molecule has 1 aliphatic carbocycles. The molecular weight excluding hydrogens is 235 g/mol. The van der Waals surface area contributed by atoms with Gasteiger partial charge in [0.05, 0.1) is 12.5 Å².